The van der Waals surface area contributed by atoms with E-state index in [4.69, 9.17) is 5.11 Å². The zero-order valence-corrected chi connectivity index (χ0v) is 20.7. The number of benzene rings is 3. The fraction of sp³-hybridized carbons (Fsp3) is 0.276. The summed E-state index contributed by atoms with van der Waals surface area (Å²) in [6.45, 7) is 6.74. The Hall–Kier alpha value is -4.13. The third kappa shape index (κ3) is 5.57. The van der Waals surface area contributed by atoms with Gasteiger partial charge in [0.1, 0.15) is 6.04 Å². The van der Waals surface area contributed by atoms with E-state index in [1.807, 2.05) is 43.3 Å². The fourth-order valence-electron chi connectivity index (χ4n) is 4.49. The van der Waals surface area contributed by atoms with Gasteiger partial charge >= 0.3 is 12.0 Å². The van der Waals surface area contributed by atoms with Gasteiger partial charge in [-0.1, -0.05) is 57.2 Å². The van der Waals surface area contributed by atoms with Gasteiger partial charge in [-0.2, -0.15) is 0 Å². The molecule has 0 aliphatic carbocycles. The molecule has 1 saturated heterocycles. The van der Waals surface area contributed by atoms with Crippen LogP contribution in [0.2, 0.25) is 0 Å². The van der Waals surface area contributed by atoms with E-state index in [9.17, 15) is 14.4 Å². The van der Waals surface area contributed by atoms with Crippen molar-refractivity contribution in [1.29, 1.82) is 0 Å². The number of nitrogens with one attached hydrogen (secondary N) is 2. The molecule has 0 saturated carbocycles. The number of carbonyl (C=O) groups is 3. The minimum absolute atomic E-state index is 0.0334. The standard InChI is InChI=1S/C29H31N3O4/c1-18(2)20-8-12-25(13-9-20)31-29(36)32-17-16-19(3)26(32)27(33)30-24-14-10-22(11-15-24)21-4-6-23(7-5-21)28(34)35/h4-15,18-19,26H,16-17H2,1-3H3,(H,30,33)(H,31,36)(H,34,35)/t19?,26-/m0/s1. The molecule has 3 aromatic carbocycles. The van der Waals surface area contributed by atoms with Crippen LogP contribution in [0.4, 0.5) is 16.2 Å². The smallest absolute Gasteiger partial charge is 0.335 e. The van der Waals surface area contributed by atoms with Gasteiger partial charge in [0.25, 0.3) is 0 Å². The molecule has 186 valence electrons. The summed E-state index contributed by atoms with van der Waals surface area (Å²) in [5.41, 5.74) is 4.55. The molecular weight excluding hydrogens is 454 g/mol. The first-order valence-electron chi connectivity index (χ1n) is 12.1. The lowest BCUT2D eigenvalue weighted by Crippen LogP contribution is -2.47. The number of anilines is 2. The van der Waals surface area contributed by atoms with Gasteiger partial charge in [0.05, 0.1) is 5.56 Å². The van der Waals surface area contributed by atoms with Crippen LogP contribution in [-0.2, 0) is 4.79 Å². The van der Waals surface area contributed by atoms with Crippen LogP contribution in [0.3, 0.4) is 0 Å². The molecule has 0 radical (unpaired) electrons. The molecule has 1 unspecified atom stereocenters. The van der Waals surface area contributed by atoms with Crippen molar-refractivity contribution in [2.45, 2.75) is 39.2 Å². The van der Waals surface area contributed by atoms with Gasteiger partial charge in [0.15, 0.2) is 0 Å². The molecule has 1 aliphatic heterocycles. The van der Waals surface area contributed by atoms with E-state index in [2.05, 4.69) is 24.5 Å². The molecule has 4 rings (SSSR count). The summed E-state index contributed by atoms with van der Waals surface area (Å²) in [5.74, 6) is -0.740. The Balaban J connectivity index is 1.41. The predicted octanol–water partition coefficient (Wildman–Crippen LogP) is 6.06. The number of nitrogens with zero attached hydrogens (tertiary/aromatic N) is 1. The molecule has 36 heavy (non-hydrogen) atoms. The molecule has 3 N–H and O–H groups in total. The molecule has 7 nitrogen and oxygen atoms in total. The van der Waals surface area contributed by atoms with Crippen molar-refractivity contribution in [3.8, 4) is 11.1 Å². The van der Waals surface area contributed by atoms with Crippen molar-refractivity contribution >= 4 is 29.3 Å². The number of carboxylic acid groups (broad SMARTS) is 1. The van der Waals surface area contributed by atoms with Gasteiger partial charge in [0.2, 0.25) is 5.91 Å². The molecule has 1 fully saturated rings. The number of aromatic carboxylic acids is 1. The number of carboxylic acids is 1. The minimum Gasteiger partial charge on any atom is -0.478 e. The van der Waals surface area contributed by atoms with Crippen molar-refractivity contribution in [2.24, 2.45) is 5.92 Å². The summed E-state index contributed by atoms with van der Waals surface area (Å²) in [7, 11) is 0. The Morgan fingerprint density at radius 1 is 0.833 bits per heavy atom. The molecule has 0 bridgehead atoms. The van der Waals surface area contributed by atoms with Gasteiger partial charge in [0, 0.05) is 17.9 Å². The first-order valence-corrected chi connectivity index (χ1v) is 12.1. The van der Waals surface area contributed by atoms with Crippen LogP contribution in [0.25, 0.3) is 11.1 Å². The molecule has 2 atom stereocenters. The summed E-state index contributed by atoms with van der Waals surface area (Å²) in [4.78, 5) is 38.8. The quantitative estimate of drug-likeness (QED) is 0.395. The van der Waals surface area contributed by atoms with E-state index in [0.717, 1.165) is 17.5 Å². The number of amides is 3. The van der Waals surface area contributed by atoms with Crippen LogP contribution in [-0.4, -0.2) is 40.5 Å². The van der Waals surface area contributed by atoms with Crippen LogP contribution in [0.15, 0.2) is 72.8 Å². The van der Waals surface area contributed by atoms with Gasteiger partial charge in [-0.3, -0.25) is 4.79 Å². The number of hydrogen-bond donors (Lipinski definition) is 3. The van der Waals surface area contributed by atoms with Crippen LogP contribution in [0.1, 0.15) is 49.0 Å². The number of likely N-dealkylation sites (tertiary alicyclic amines) is 1. The average molecular weight is 486 g/mol. The molecule has 3 aromatic rings. The number of rotatable bonds is 6. The molecular formula is C29H31N3O4. The molecule has 7 heteroatoms. The molecule has 0 spiro atoms. The zero-order chi connectivity index (χ0) is 25.8. The Kier molecular flexibility index (Phi) is 7.38. The van der Waals surface area contributed by atoms with Crippen molar-refractivity contribution in [3.63, 3.8) is 0 Å². The predicted molar refractivity (Wildman–Crippen MR) is 141 cm³/mol. The minimum atomic E-state index is -0.965. The molecule has 1 heterocycles. The first kappa shape index (κ1) is 25.0. The Morgan fingerprint density at radius 3 is 1.92 bits per heavy atom. The second kappa shape index (κ2) is 10.6. The summed E-state index contributed by atoms with van der Waals surface area (Å²) >= 11 is 0. The lowest BCUT2D eigenvalue weighted by molar-refractivity contribution is -0.120. The second-order valence-electron chi connectivity index (χ2n) is 9.56. The van der Waals surface area contributed by atoms with Crippen LogP contribution < -0.4 is 10.6 Å². The van der Waals surface area contributed by atoms with Gasteiger partial charge < -0.3 is 20.6 Å². The molecule has 3 amide bonds. The Labute approximate surface area is 211 Å². The third-order valence-electron chi connectivity index (χ3n) is 6.68. The average Bonchev–Trinajstić information content (AvgIpc) is 3.26. The fourth-order valence-corrected chi connectivity index (χ4v) is 4.49. The summed E-state index contributed by atoms with van der Waals surface area (Å²) in [6, 6.07) is 20.9. The maximum atomic E-state index is 13.2. The van der Waals surface area contributed by atoms with Gasteiger partial charge in [-0.05, 0) is 71.3 Å². The molecule has 1 aliphatic rings. The first-order chi connectivity index (χ1) is 17.2. The largest absolute Gasteiger partial charge is 0.478 e. The zero-order valence-electron chi connectivity index (χ0n) is 20.7. The lowest BCUT2D eigenvalue weighted by atomic mass is 10.0. The van der Waals surface area contributed by atoms with E-state index < -0.39 is 12.0 Å². The van der Waals surface area contributed by atoms with Gasteiger partial charge in [-0.25, -0.2) is 9.59 Å². The Bertz CT molecular complexity index is 1240. The van der Waals surface area contributed by atoms with Crippen molar-refractivity contribution < 1.29 is 19.5 Å². The van der Waals surface area contributed by atoms with E-state index >= 15 is 0 Å². The normalized spacial score (nSPS) is 17.2. The van der Waals surface area contributed by atoms with Crippen molar-refractivity contribution in [1.82, 2.24) is 4.90 Å². The van der Waals surface area contributed by atoms with Gasteiger partial charge in [-0.15, -0.1) is 0 Å². The van der Waals surface area contributed by atoms with Crippen LogP contribution in [0.5, 0.6) is 0 Å². The highest BCUT2D eigenvalue weighted by molar-refractivity contribution is 6.00. The third-order valence-corrected chi connectivity index (χ3v) is 6.68. The van der Waals surface area contributed by atoms with Crippen molar-refractivity contribution in [2.75, 3.05) is 17.2 Å². The summed E-state index contributed by atoms with van der Waals surface area (Å²) in [5, 5.41) is 14.9. The number of hydrogen-bond acceptors (Lipinski definition) is 3. The van der Waals surface area contributed by atoms with Crippen LogP contribution >= 0.6 is 0 Å². The van der Waals surface area contributed by atoms with E-state index in [1.165, 1.54) is 5.56 Å². The van der Waals surface area contributed by atoms with E-state index in [0.29, 0.717) is 23.8 Å². The van der Waals surface area contributed by atoms with Crippen molar-refractivity contribution in [3.05, 3.63) is 83.9 Å². The highest BCUT2D eigenvalue weighted by Gasteiger charge is 2.39. The maximum absolute atomic E-state index is 13.2. The van der Waals surface area contributed by atoms with Crippen LogP contribution in [0, 0.1) is 5.92 Å². The van der Waals surface area contributed by atoms with E-state index in [-0.39, 0.29) is 23.4 Å². The second-order valence-corrected chi connectivity index (χ2v) is 9.56. The lowest BCUT2D eigenvalue weighted by Gasteiger charge is -2.26. The summed E-state index contributed by atoms with van der Waals surface area (Å²) < 4.78 is 0. The Morgan fingerprint density at radius 2 is 1.36 bits per heavy atom. The number of urea groups is 1. The number of carbonyl (C=O) groups excluding carboxylic acids is 2. The molecule has 0 aromatic heterocycles. The maximum Gasteiger partial charge on any atom is 0.335 e. The van der Waals surface area contributed by atoms with E-state index in [1.54, 1.807) is 41.3 Å². The highest BCUT2D eigenvalue weighted by Crippen LogP contribution is 2.27. The highest BCUT2D eigenvalue weighted by atomic mass is 16.4. The monoisotopic (exact) mass is 485 g/mol. The summed E-state index contributed by atoms with van der Waals surface area (Å²) in [6.07, 6.45) is 0.753. The SMILES string of the molecule is CC(C)c1ccc(NC(=O)N2CCC(C)[C@H]2C(=O)Nc2ccc(-c3ccc(C(=O)O)cc3)cc2)cc1. The topological polar surface area (TPSA) is 98.7 Å².